The number of rotatable bonds is 12. The van der Waals surface area contributed by atoms with E-state index in [0.717, 1.165) is 0 Å². The van der Waals surface area contributed by atoms with Crippen LogP contribution in [0.5, 0.6) is 0 Å². The quantitative estimate of drug-likeness (QED) is 0.451. The largest absolute Gasteiger partial charge is 0.385 e. The molecule has 3 atom stereocenters. The molecule has 0 bridgehead atoms. The van der Waals surface area contributed by atoms with Gasteiger partial charge in [0.25, 0.3) is 0 Å². The maximum absolute atomic E-state index is 12.1. The number of hydrogen-bond donors (Lipinski definition) is 3. The van der Waals surface area contributed by atoms with E-state index in [1.807, 2.05) is 0 Å². The Hall–Kier alpha value is -1.15. The second-order valence-electron chi connectivity index (χ2n) is 7.61. The van der Waals surface area contributed by atoms with Crippen LogP contribution in [0.15, 0.2) is 0 Å². The van der Waals surface area contributed by atoms with Gasteiger partial charge in [-0.1, -0.05) is 41.5 Å². The van der Waals surface area contributed by atoms with Crippen molar-refractivity contribution in [3.63, 3.8) is 0 Å². The molecule has 3 N–H and O–H groups in total. The standard InChI is InChI=1S/C18H33NO6/c1-10(2)16(23)13(20)7-19(8-14(21)17(24)11(3)4)9-15(22)18(25)12(5)6/h10-12,16-18,23-25H,7-9H2,1-6H3. The first-order valence-electron chi connectivity index (χ1n) is 8.73. The van der Waals surface area contributed by atoms with Crippen LogP contribution in [0.25, 0.3) is 0 Å². The molecule has 0 saturated heterocycles. The summed E-state index contributed by atoms with van der Waals surface area (Å²) < 4.78 is 0. The molecule has 25 heavy (non-hydrogen) atoms. The minimum atomic E-state index is -1.20. The third kappa shape index (κ3) is 8.18. The van der Waals surface area contributed by atoms with Gasteiger partial charge in [0.2, 0.25) is 0 Å². The summed E-state index contributed by atoms with van der Waals surface area (Å²) in [5.41, 5.74) is 0. The van der Waals surface area contributed by atoms with Crippen molar-refractivity contribution in [3.8, 4) is 0 Å². The number of carbonyl (C=O) groups is 3. The molecule has 0 radical (unpaired) electrons. The molecule has 0 rings (SSSR count). The van der Waals surface area contributed by atoms with Crippen LogP contribution in [0.2, 0.25) is 0 Å². The maximum atomic E-state index is 12.1. The minimum Gasteiger partial charge on any atom is -0.385 e. The van der Waals surface area contributed by atoms with Gasteiger partial charge in [-0.2, -0.15) is 0 Å². The molecular weight excluding hydrogens is 326 g/mol. The van der Waals surface area contributed by atoms with Crippen LogP contribution in [0.3, 0.4) is 0 Å². The fraction of sp³-hybridized carbons (Fsp3) is 0.833. The Morgan fingerprint density at radius 2 is 0.800 bits per heavy atom. The summed E-state index contributed by atoms with van der Waals surface area (Å²) in [6, 6.07) is 0. The van der Waals surface area contributed by atoms with Gasteiger partial charge in [-0.15, -0.1) is 0 Å². The molecule has 0 aliphatic rings. The number of aliphatic hydroxyl groups is 3. The first-order valence-corrected chi connectivity index (χ1v) is 8.73. The number of hydrogen-bond acceptors (Lipinski definition) is 7. The van der Waals surface area contributed by atoms with E-state index in [2.05, 4.69) is 0 Å². The number of aliphatic hydroxyl groups excluding tert-OH is 3. The summed E-state index contributed by atoms with van der Waals surface area (Å²) in [4.78, 5) is 37.7. The molecule has 0 fully saturated rings. The van der Waals surface area contributed by atoms with E-state index >= 15 is 0 Å². The van der Waals surface area contributed by atoms with Crippen LogP contribution in [0, 0.1) is 17.8 Å². The highest BCUT2D eigenvalue weighted by Gasteiger charge is 2.29. The maximum Gasteiger partial charge on any atom is 0.175 e. The highest BCUT2D eigenvalue weighted by molar-refractivity contribution is 5.90. The monoisotopic (exact) mass is 359 g/mol. The van der Waals surface area contributed by atoms with Crippen molar-refractivity contribution in [2.24, 2.45) is 17.8 Å². The molecule has 0 aliphatic carbocycles. The highest BCUT2D eigenvalue weighted by Crippen LogP contribution is 2.09. The normalized spacial score (nSPS) is 15.7. The van der Waals surface area contributed by atoms with E-state index < -0.39 is 35.7 Å². The van der Waals surface area contributed by atoms with Gasteiger partial charge in [-0.05, 0) is 17.8 Å². The van der Waals surface area contributed by atoms with E-state index in [1.54, 1.807) is 41.5 Å². The molecule has 7 heteroatoms. The lowest BCUT2D eigenvalue weighted by Gasteiger charge is -2.25. The Balaban J connectivity index is 5.14. The van der Waals surface area contributed by atoms with Crippen LogP contribution in [0.4, 0.5) is 0 Å². The van der Waals surface area contributed by atoms with Crippen molar-refractivity contribution in [2.75, 3.05) is 19.6 Å². The van der Waals surface area contributed by atoms with Gasteiger partial charge in [-0.3, -0.25) is 19.3 Å². The van der Waals surface area contributed by atoms with E-state index in [1.165, 1.54) is 4.90 Å². The number of nitrogens with zero attached hydrogens (tertiary/aromatic N) is 1. The summed E-state index contributed by atoms with van der Waals surface area (Å²) in [6.07, 6.45) is -3.59. The summed E-state index contributed by atoms with van der Waals surface area (Å²) >= 11 is 0. The smallest absolute Gasteiger partial charge is 0.175 e. The predicted octanol–water partition coefficient (Wildman–Crippen LogP) is 0.0464. The topological polar surface area (TPSA) is 115 Å². The lowest BCUT2D eigenvalue weighted by molar-refractivity contribution is -0.136. The van der Waals surface area contributed by atoms with E-state index in [-0.39, 0.29) is 37.4 Å². The second-order valence-corrected chi connectivity index (χ2v) is 7.61. The summed E-state index contributed by atoms with van der Waals surface area (Å²) in [5, 5.41) is 29.6. The molecule has 146 valence electrons. The van der Waals surface area contributed by atoms with Crippen LogP contribution >= 0.6 is 0 Å². The lowest BCUT2D eigenvalue weighted by atomic mass is 10.00. The van der Waals surface area contributed by atoms with E-state index in [4.69, 9.17) is 0 Å². The van der Waals surface area contributed by atoms with Crippen LogP contribution in [0.1, 0.15) is 41.5 Å². The van der Waals surface area contributed by atoms with Gasteiger partial charge >= 0.3 is 0 Å². The summed E-state index contributed by atoms with van der Waals surface area (Å²) in [6.45, 7) is 9.23. The Bertz CT molecular complexity index is 394. The fourth-order valence-electron chi connectivity index (χ4n) is 2.22. The first kappa shape index (κ1) is 23.9. The fourth-order valence-corrected chi connectivity index (χ4v) is 2.22. The van der Waals surface area contributed by atoms with Gasteiger partial charge in [0.1, 0.15) is 18.3 Å². The number of ketones is 3. The average molecular weight is 359 g/mol. The van der Waals surface area contributed by atoms with Gasteiger partial charge < -0.3 is 15.3 Å². The number of carbonyl (C=O) groups excluding carboxylic acids is 3. The molecule has 3 unspecified atom stereocenters. The zero-order chi connectivity index (χ0) is 19.9. The van der Waals surface area contributed by atoms with Crippen molar-refractivity contribution in [2.45, 2.75) is 59.9 Å². The van der Waals surface area contributed by atoms with Crippen molar-refractivity contribution in [1.82, 2.24) is 4.90 Å². The third-order valence-corrected chi connectivity index (χ3v) is 4.02. The third-order valence-electron chi connectivity index (χ3n) is 4.02. The summed E-state index contributed by atoms with van der Waals surface area (Å²) in [7, 11) is 0. The Kier molecular flexibility index (Phi) is 10.3. The molecule has 0 saturated carbocycles. The van der Waals surface area contributed by atoms with Gasteiger partial charge in [0.15, 0.2) is 17.3 Å². The zero-order valence-corrected chi connectivity index (χ0v) is 16.1. The molecule has 0 aromatic rings. The first-order chi connectivity index (χ1) is 11.4. The van der Waals surface area contributed by atoms with Crippen molar-refractivity contribution < 1.29 is 29.7 Å². The average Bonchev–Trinajstić information content (AvgIpc) is 2.51. The summed E-state index contributed by atoms with van der Waals surface area (Å²) in [5.74, 6) is -2.38. The molecule has 0 heterocycles. The Morgan fingerprint density at radius 3 is 0.960 bits per heavy atom. The predicted molar refractivity (Wildman–Crippen MR) is 94.0 cm³/mol. The lowest BCUT2D eigenvalue weighted by Crippen LogP contribution is -2.47. The van der Waals surface area contributed by atoms with Gasteiger partial charge in [0, 0.05) is 0 Å². The zero-order valence-electron chi connectivity index (χ0n) is 16.1. The van der Waals surface area contributed by atoms with Crippen LogP contribution in [-0.2, 0) is 14.4 Å². The molecule has 0 aromatic heterocycles. The van der Waals surface area contributed by atoms with Crippen molar-refractivity contribution in [3.05, 3.63) is 0 Å². The van der Waals surface area contributed by atoms with Crippen LogP contribution in [-0.4, -0.2) is 75.5 Å². The molecular formula is C18H33NO6. The molecule has 0 aromatic carbocycles. The Morgan fingerprint density at radius 1 is 0.600 bits per heavy atom. The molecule has 0 aliphatic heterocycles. The Labute approximate surface area is 150 Å². The number of Topliss-reactive ketones (excluding diaryl/α,β-unsaturated/α-hetero) is 3. The van der Waals surface area contributed by atoms with Crippen LogP contribution < -0.4 is 0 Å². The van der Waals surface area contributed by atoms with E-state index in [9.17, 15) is 29.7 Å². The molecule has 7 nitrogen and oxygen atoms in total. The highest BCUT2D eigenvalue weighted by atomic mass is 16.3. The second kappa shape index (κ2) is 10.8. The van der Waals surface area contributed by atoms with E-state index in [0.29, 0.717) is 0 Å². The van der Waals surface area contributed by atoms with Crippen molar-refractivity contribution >= 4 is 17.3 Å². The molecule has 0 amide bonds. The van der Waals surface area contributed by atoms with Gasteiger partial charge in [0.05, 0.1) is 19.6 Å². The SMILES string of the molecule is CC(C)C(O)C(=O)CN(CC(=O)C(O)C(C)C)CC(=O)C(O)C(C)C. The molecule has 0 spiro atoms. The minimum absolute atomic E-state index is 0.289. The van der Waals surface area contributed by atoms with Gasteiger partial charge in [-0.25, -0.2) is 0 Å². The van der Waals surface area contributed by atoms with Crippen molar-refractivity contribution in [1.29, 1.82) is 0 Å².